The van der Waals surface area contributed by atoms with Crippen molar-refractivity contribution in [2.45, 2.75) is 25.7 Å². The normalized spacial score (nSPS) is 10.2. The summed E-state index contributed by atoms with van der Waals surface area (Å²) in [6.07, 6.45) is 2.46. The Bertz CT molecular complexity index is 480. The first-order valence-corrected chi connectivity index (χ1v) is 7.69. The Balaban J connectivity index is 2.21. The van der Waals surface area contributed by atoms with Gasteiger partial charge in [-0.2, -0.15) is 0 Å². The Kier molecular flexibility index (Phi) is 8.16. The summed E-state index contributed by atoms with van der Waals surface area (Å²) in [6, 6.07) is 6.91. The van der Waals surface area contributed by atoms with Gasteiger partial charge in [0, 0.05) is 25.6 Å². The molecule has 0 radical (unpaired) electrons. The Morgan fingerprint density at radius 1 is 1.19 bits per heavy atom. The molecule has 0 saturated heterocycles. The molecule has 0 N–H and O–H groups in total. The molecule has 0 aliphatic carbocycles. The minimum atomic E-state index is -0.433. The predicted molar refractivity (Wildman–Crippen MR) is 84.1 cm³/mol. The van der Waals surface area contributed by atoms with Crippen LogP contribution in [0.1, 0.15) is 36.0 Å². The van der Waals surface area contributed by atoms with Gasteiger partial charge >= 0.3 is 6.09 Å². The van der Waals surface area contributed by atoms with Gasteiger partial charge in [0.2, 0.25) is 0 Å². The molecule has 0 bridgehead atoms. The van der Waals surface area contributed by atoms with Crippen molar-refractivity contribution >= 4 is 35.1 Å². The van der Waals surface area contributed by atoms with Crippen LogP contribution in [-0.4, -0.2) is 36.4 Å². The van der Waals surface area contributed by atoms with Crippen LogP contribution < -0.4 is 0 Å². The van der Waals surface area contributed by atoms with Gasteiger partial charge in [-0.3, -0.25) is 4.79 Å². The number of hydrogen-bond acceptors (Lipinski definition) is 3. The molecule has 0 atom stereocenters. The number of unbranched alkanes of at least 4 members (excludes halogenated alkanes) is 2. The van der Waals surface area contributed by atoms with Gasteiger partial charge in [0.15, 0.2) is 11.8 Å². The average molecular weight is 332 g/mol. The lowest BCUT2D eigenvalue weighted by atomic mass is 10.0. The van der Waals surface area contributed by atoms with E-state index in [-0.39, 0.29) is 11.8 Å². The van der Waals surface area contributed by atoms with E-state index in [2.05, 4.69) is 4.74 Å². The number of ether oxygens (including phenoxy) is 1. The Morgan fingerprint density at radius 3 is 2.57 bits per heavy atom. The van der Waals surface area contributed by atoms with Gasteiger partial charge in [-0.1, -0.05) is 41.8 Å². The number of Topliss-reactive ketones (excluding diaryl/α,β-unsaturated/α-hetero) is 1. The van der Waals surface area contributed by atoms with E-state index in [0.717, 1.165) is 19.3 Å². The Labute approximate surface area is 135 Å². The molecular weight excluding hydrogens is 313 g/mol. The van der Waals surface area contributed by atoms with Crippen LogP contribution in [0.5, 0.6) is 0 Å². The molecule has 1 aromatic carbocycles. The fraction of sp³-hybridized carbons (Fsp3) is 0.467. The number of carbonyl (C=O) groups is 2. The number of halogens is 2. The summed E-state index contributed by atoms with van der Waals surface area (Å²) in [5.74, 6) is 0.0514. The van der Waals surface area contributed by atoms with E-state index in [4.69, 9.17) is 23.2 Å². The molecule has 0 aliphatic heterocycles. The molecule has 4 nitrogen and oxygen atoms in total. The van der Waals surface area contributed by atoms with Crippen molar-refractivity contribution in [3.63, 3.8) is 0 Å². The van der Waals surface area contributed by atoms with Crippen LogP contribution in [-0.2, 0) is 4.74 Å². The fourth-order valence-corrected chi connectivity index (χ4v) is 2.22. The van der Waals surface area contributed by atoms with Gasteiger partial charge in [0.05, 0.1) is 5.02 Å². The summed E-state index contributed by atoms with van der Waals surface area (Å²) in [6.45, 7) is 0.579. The minimum Gasteiger partial charge on any atom is -0.433 e. The lowest BCUT2D eigenvalue weighted by Gasteiger charge is -2.15. The van der Waals surface area contributed by atoms with E-state index in [0.29, 0.717) is 23.6 Å². The Morgan fingerprint density at radius 2 is 1.90 bits per heavy atom. The highest BCUT2D eigenvalue weighted by atomic mass is 35.5. The second-order valence-electron chi connectivity index (χ2n) is 4.65. The smallest absolute Gasteiger partial charge is 0.410 e. The molecule has 0 aromatic heterocycles. The van der Waals surface area contributed by atoms with E-state index < -0.39 is 6.09 Å². The monoisotopic (exact) mass is 331 g/mol. The lowest BCUT2D eigenvalue weighted by molar-refractivity contribution is 0.0977. The third kappa shape index (κ3) is 6.36. The molecule has 0 unspecified atom stereocenters. The molecule has 21 heavy (non-hydrogen) atoms. The first kappa shape index (κ1) is 17.8. The number of nitrogens with zero attached hydrogens (tertiary/aromatic N) is 1. The van der Waals surface area contributed by atoms with Crippen molar-refractivity contribution in [2.24, 2.45) is 0 Å². The zero-order valence-corrected chi connectivity index (χ0v) is 13.5. The van der Waals surface area contributed by atoms with Crippen LogP contribution in [0.3, 0.4) is 0 Å². The number of carbonyl (C=O) groups excluding carboxylic acids is 2. The molecule has 1 aromatic rings. The minimum absolute atomic E-state index is 0.0514. The fourth-order valence-electron chi connectivity index (χ4n) is 1.88. The first-order chi connectivity index (χ1) is 10.1. The third-order valence-corrected chi connectivity index (χ3v) is 3.50. The van der Waals surface area contributed by atoms with Gasteiger partial charge in [-0.05, 0) is 25.0 Å². The first-order valence-electron chi connectivity index (χ1n) is 6.78. The molecule has 116 valence electrons. The van der Waals surface area contributed by atoms with Crippen molar-refractivity contribution in [1.82, 2.24) is 4.90 Å². The summed E-state index contributed by atoms with van der Waals surface area (Å²) in [4.78, 5) is 24.7. The zero-order chi connectivity index (χ0) is 15.7. The molecule has 0 aliphatic rings. The standard InChI is InChI=1S/C15H19Cl2NO3/c1-18(15(20)21-11-16)10-6-2-3-9-14(19)12-7-4-5-8-13(12)17/h4-5,7-8H,2-3,6,9-11H2,1H3. The zero-order valence-electron chi connectivity index (χ0n) is 12.0. The summed E-state index contributed by atoms with van der Waals surface area (Å²) in [5, 5.41) is 0.492. The second kappa shape index (κ2) is 9.64. The summed E-state index contributed by atoms with van der Waals surface area (Å²) in [5.41, 5.74) is 0.571. The number of rotatable bonds is 8. The number of benzene rings is 1. The molecule has 1 rings (SSSR count). The molecule has 0 saturated carbocycles. The van der Waals surface area contributed by atoms with Crippen LogP contribution in [0.4, 0.5) is 4.79 Å². The van der Waals surface area contributed by atoms with Crippen molar-refractivity contribution < 1.29 is 14.3 Å². The molecule has 0 fully saturated rings. The summed E-state index contributed by atoms with van der Waals surface area (Å²) < 4.78 is 4.65. The second-order valence-corrected chi connectivity index (χ2v) is 5.28. The molecule has 0 heterocycles. The topological polar surface area (TPSA) is 46.6 Å². The van der Waals surface area contributed by atoms with Gasteiger partial charge in [-0.25, -0.2) is 4.79 Å². The van der Waals surface area contributed by atoms with Gasteiger partial charge in [-0.15, -0.1) is 0 Å². The van der Waals surface area contributed by atoms with Crippen LogP contribution in [0.2, 0.25) is 5.02 Å². The van der Waals surface area contributed by atoms with E-state index in [1.54, 1.807) is 31.3 Å². The van der Waals surface area contributed by atoms with Gasteiger partial charge < -0.3 is 9.64 Å². The van der Waals surface area contributed by atoms with Crippen molar-refractivity contribution in [2.75, 3.05) is 19.7 Å². The van der Waals surface area contributed by atoms with Crippen LogP contribution in [0.15, 0.2) is 24.3 Å². The average Bonchev–Trinajstić information content (AvgIpc) is 2.47. The number of ketones is 1. The largest absolute Gasteiger partial charge is 0.433 e. The maximum absolute atomic E-state index is 12.0. The van der Waals surface area contributed by atoms with E-state index >= 15 is 0 Å². The maximum Gasteiger partial charge on any atom is 0.410 e. The van der Waals surface area contributed by atoms with Gasteiger partial charge in [0.25, 0.3) is 0 Å². The molecule has 0 spiro atoms. The quantitative estimate of drug-likeness (QED) is 0.404. The van der Waals surface area contributed by atoms with Crippen LogP contribution in [0.25, 0.3) is 0 Å². The third-order valence-electron chi connectivity index (χ3n) is 3.06. The summed E-state index contributed by atoms with van der Waals surface area (Å²) in [7, 11) is 1.66. The van der Waals surface area contributed by atoms with Crippen molar-refractivity contribution in [3.05, 3.63) is 34.9 Å². The van der Waals surface area contributed by atoms with Crippen LogP contribution in [0, 0.1) is 0 Å². The van der Waals surface area contributed by atoms with E-state index in [1.807, 2.05) is 0 Å². The maximum atomic E-state index is 12.0. The molecule has 6 heteroatoms. The van der Waals surface area contributed by atoms with Crippen molar-refractivity contribution in [3.8, 4) is 0 Å². The predicted octanol–water partition coefficient (Wildman–Crippen LogP) is 4.35. The molecular formula is C15H19Cl2NO3. The van der Waals surface area contributed by atoms with E-state index in [1.165, 1.54) is 4.90 Å². The molecule has 1 amide bonds. The Hall–Kier alpha value is -1.26. The van der Waals surface area contributed by atoms with Crippen LogP contribution >= 0.6 is 23.2 Å². The van der Waals surface area contributed by atoms with Gasteiger partial charge in [0.1, 0.15) is 0 Å². The lowest BCUT2D eigenvalue weighted by Crippen LogP contribution is -2.28. The van der Waals surface area contributed by atoms with Crippen molar-refractivity contribution in [1.29, 1.82) is 0 Å². The highest BCUT2D eigenvalue weighted by Crippen LogP contribution is 2.18. The SMILES string of the molecule is CN(CCCCCC(=O)c1ccccc1Cl)C(=O)OCCl. The number of amides is 1. The summed E-state index contributed by atoms with van der Waals surface area (Å²) >= 11 is 11.3. The highest BCUT2D eigenvalue weighted by Gasteiger charge is 2.10. The number of alkyl halides is 1. The highest BCUT2D eigenvalue weighted by molar-refractivity contribution is 6.33. The number of hydrogen-bond donors (Lipinski definition) is 0. The van der Waals surface area contributed by atoms with E-state index in [9.17, 15) is 9.59 Å².